The lowest BCUT2D eigenvalue weighted by atomic mass is 9.95. The van der Waals surface area contributed by atoms with Gasteiger partial charge in [-0.3, -0.25) is 9.44 Å². The van der Waals surface area contributed by atoms with Gasteiger partial charge < -0.3 is 10.2 Å². The molecule has 0 spiro atoms. The molecule has 0 aromatic heterocycles. The largest absolute Gasteiger partial charge is 0.478 e. The van der Waals surface area contributed by atoms with E-state index in [0.29, 0.717) is 41.8 Å². The highest BCUT2D eigenvalue weighted by Crippen LogP contribution is 2.38. The third-order valence-electron chi connectivity index (χ3n) is 11.8. The second-order valence-corrected chi connectivity index (χ2v) is 19.7. The molecule has 0 saturated heterocycles. The Morgan fingerprint density at radius 3 is 1.19 bits per heavy atom. The van der Waals surface area contributed by atoms with E-state index in [0.717, 1.165) is 57.3 Å². The molecule has 0 saturated carbocycles. The van der Waals surface area contributed by atoms with Crippen LogP contribution in [0.3, 0.4) is 0 Å². The minimum Gasteiger partial charge on any atom is -0.478 e. The number of carboxylic acid groups (broad SMARTS) is 2. The summed E-state index contributed by atoms with van der Waals surface area (Å²) in [6, 6.07) is 26.7. The number of aryl methyl sites for hydroxylation is 4. The van der Waals surface area contributed by atoms with Crippen LogP contribution in [0.25, 0.3) is 0 Å². The predicted molar refractivity (Wildman–Crippen MR) is 252 cm³/mol. The molecule has 0 atom stereocenters. The fourth-order valence-corrected chi connectivity index (χ4v) is 10.5. The lowest BCUT2D eigenvalue weighted by Gasteiger charge is -2.20. The van der Waals surface area contributed by atoms with Gasteiger partial charge in [-0.25, -0.2) is 26.4 Å². The zero-order chi connectivity index (χ0) is 51.1. The summed E-state index contributed by atoms with van der Waals surface area (Å²) in [5.41, 5.74) is 5.52. The van der Waals surface area contributed by atoms with Crippen molar-refractivity contribution in [1.82, 2.24) is 0 Å². The molecular formula is C51H50F6N2O8S2. The number of anilines is 2. The van der Waals surface area contributed by atoms with E-state index in [1.54, 1.807) is 42.5 Å². The van der Waals surface area contributed by atoms with Crippen molar-refractivity contribution in [2.45, 2.75) is 95.3 Å². The van der Waals surface area contributed by atoms with Crippen molar-refractivity contribution >= 4 is 43.4 Å². The Morgan fingerprint density at radius 1 is 0.478 bits per heavy atom. The predicted octanol–water partition coefficient (Wildman–Crippen LogP) is 12.3. The molecule has 0 fully saturated rings. The number of carboxylic acids is 2. The van der Waals surface area contributed by atoms with Crippen molar-refractivity contribution in [3.63, 3.8) is 0 Å². The molecule has 6 rings (SSSR count). The topological polar surface area (TPSA) is 167 Å². The number of aromatic carboxylic acids is 2. The minimum absolute atomic E-state index is 0.0182. The molecule has 18 heteroatoms. The first-order valence-corrected chi connectivity index (χ1v) is 24.4. The number of alkyl halides is 6. The molecule has 0 aliphatic carbocycles. The quantitative estimate of drug-likeness (QED) is 0.0695. The summed E-state index contributed by atoms with van der Waals surface area (Å²) in [7, 11) is -8.55. The van der Waals surface area contributed by atoms with E-state index in [4.69, 9.17) is 10.2 Å². The highest BCUT2D eigenvalue weighted by molar-refractivity contribution is 7.93. The van der Waals surface area contributed by atoms with E-state index < -0.39 is 60.4 Å². The Kier molecular flexibility index (Phi) is 16.8. The monoisotopic (exact) mass is 996 g/mol. The van der Waals surface area contributed by atoms with Crippen LogP contribution in [-0.4, -0.2) is 39.0 Å². The molecule has 0 bridgehead atoms. The summed E-state index contributed by atoms with van der Waals surface area (Å²) in [5, 5.41) is 18.0. The molecular weight excluding hydrogens is 947 g/mol. The van der Waals surface area contributed by atoms with Gasteiger partial charge in [0.2, 0.25) is 0 Å². The van der Waals surface area contributed by atoms with Crippen molar-refractivity contribution in [2.24, 2.45) is 0 Å². The molecule has 0 aliphatic heterocycles. The Bertz CT molecular complexity index is 3000. The Labute approximate surface area is 397 Å². The van der Waals surface area contributed by atoms with Gasteiger partial charge in [0.25, 0.3) is 20.0 Å². The summed E-state index contributed by atoms with van der Waals surface area (Å²) in [4.78, 5) is 21.1. The summed E-state index contributed by atoms with van der Waals surface area (Å²) in [6.07, 6.45) is -6.74. The third-order valence-corrected chi connectivity index (χ3v) is 14.8. The third kappa shape index (κ3) is 13.7. The maximum atomic E-state index is 13.4. The average Bonchev–Trinajstić information content (AvgIpc) is 3.28. The second kappa shape index (κ2) is 21.7. The standard InChI is InChI=1S/C27H31NO4S.C24H19F6NO4S/c1-17-18(2)20(4)26(21(5)19(17)3)33(31,32)28-25-12-7-6-10-23(25)11-8-9-22-13-15-24(16-14-22)27(29)30;25-23(26,27)18-12-19(24(28,29)30)14-20(13-18)36(34,35)31-21-7-2-1-5-16(21)6-3-4-15-8-10-17(11-9-15)22(32)33/h6-7,10,12-16,28H,8-9,11H2,1-5H3,(H,29,30);1-2,5,7-14,31H,3-4,6H2,(H,32,33). The van der Waals surface area contributed by atoms with Crippen LogP contribution in [0.15, 0.2) is 125 Å². The maximum Gasteiger partial charge on any atom is 0.416 e. The number of rotatable bonds is 16. The van der Waals surface area contributed by atoms with Crippen LogP contribution in [0, 0.1) is 34.6 Å². The van der Waals surface area contributed by atoms with Crippen LogP contribution in [0.1, 0.15) is 94.8 Å². The molecule has 366 valence electrons. The maximum absolute atomic E-state index is 13.4. The molecule has 4 N–H and O–H groups in total. The van der Waals surface area contributed by atoms with Crippen LogP contribution in [0.2, 0.25) is 0 Å². The number of sulfonamides is 2. The molecule has 69 heavy (non-hydrogen) atoms. The van der Waals surface area contributed by atoms with Gasteiger partial charge in [0, 0.05) is 0 Å². The highest BCUT2D eigenvalue weighted by Gasteiger charge is 2.38. The van der Waals surface area contributed by atoms with E-state index in [1.165, 1.54) is 24.3 Å². The van der Waals surface area contributed by atoms with Crippen LogP contribution >= 0.6 is 0 Å². The minimum atomic E-state index is -5.19. The summed E-state index contributed by atoms with van der Waals surface area (Å²) in [6.45, 7) is 9.69. The summed E-state index contributed by atoms with van der Waals surface area (Å²) < 4.78 is 136. The fourth-order valence-electron chi connectivity index (χ4n) is 7.62. The van der Waals surface area contributed by atoms with Crippen LogP contribution in [0.5, 0.6) is 0 Å². The van der Waals surface area contributed by atoms with Gasteiger partial charge in [-0.05, 0) is 178 Å². The SMILES string of the molecule is Cc1c(C)c(C)c(S(=O)(=O)Nc2ccccc2CCCc2ccc(C(=O)O)cc2)c(C)c1C.O=C(O)c1ccc(CCCc2ccccc2NS(=O)(=O)c2cc(C(F)(F)F)cc(C(F)(F)F)c2)cc1. The van der Waals surface area contributed by atoms with Gasteiger partial charge in [-0.2, -0.15) is 26.3 Å². The number of nitrogens with one attached hydrogen (secondary N) is 2. The average molecular weight is 997 g/mol. The first-order chi connectivity index (χ1) is 32.2. The van der Waals surface area contributed by atoms with Gasteiger partial charge in [0.15, 0.2) is 0 Å². The van der Waals surface area contributed by atoms with Crippen LogP contribution in [0.4, 0.5) is 37.7 Å². The van der Waals surface area contributed by atoms with Gasteiger partial charge in [-0.15, -0.1) is 0 Å². The zero-order valence-electron chi connectivity index (χ0n) is 38.1. The smallest absolute Gasteiger partial charge is 0.416 e. The van der Waals surface area contributed by atoms with Crippen molar-refractivity contribution in [3.8, 4) is 0 Å². The Balaban J connectivity index is 0.000000258. The molecule has 0 amide bonds. The lowest BCUT2D eigenvalue weighted by molar-refractivity contribution is -0.143. The number of hydrogen-bond donors (Lipinski definition) is 4. The van der Waals surface area contributed by atoms with Gasteiger partial charge in [-0.1, -0.05) is 60.7 Å². The molecule has 0 heterocycles. The highest BCUT2D eigenvalue weighted by atomic mass is 32.2. The van der Waals surface area contributed by atoms with Gasteiger partial charge in [0.05, 0.1) is 43.4 Å². The fraction of sp³-hybridized carbons (Fsp3) is 0.255. The van der Waals surface area contributed by atoms with Crippen molar-refractivity contribution in [3.05, 3.63) is 188 Å². The molecule has 0 aliphatic rings. The zero-order valence-corrected chi connectivity index (χ0v) is 39.8. The first-order valence-electron chi connectivity index (χ1n) is 21.4. The van der Waals surface area contributed by atoms with Crippen LogP contribution in [-0.2, 0) is 58.1 Å². The van der Waals surface area contributed by atoms with Crippen LogP contribution < -0.4 is 9.44 Å². The number of carbonyl (C=O) groups is 2. The van der Waals surface area contributed by atoms with Gasteiger partial charge in [0.1, 0.15) is 0 Å². The van der Waals surface area contributed by atoms with Crippen molar-refractivity contribution < 1.29 is 63.0 Å². The van der Waals surface area contributed by atoms with Gasteiger partial charge >= 0.3 is 24.3 Å². The molecule has 10 nitrogen and oxygen atoms in total. The summed E-state index contributed by atoms with van der Waals surface area (Å²) >= 11 is 0. The number of benzene rings is 6. The van der Waals surface area contributed by atoms with E-state index >= 15 is 0 Å². The molecule has 6 aromatic carbocycles. The number of para-hydroxylation sites is 2. The van der Waals surface area contributed by atoms with E-state index in [-0.39, 0.29) is 35.0 Å². The number of halogens is 6. The molecule has 0 radical (unpaired) electrons. The van der Waals surface area contributed by atoms with E-state index in [1.807, 2.05) is 65.0 Å². The van der Waals surface area contributed by atoms with Crippen molar-refractivity contribution in [1.29, 1.82) is 0 Å². The second-order valence-electron chi connectivity index (χ2n) is 16.4. The molecule has 0 unspecified atom stereocenters. The van der Waals surface area contributed by atoms with E-state index in [2.05, 4.69) is 9.44 Å². The van der Waals surface area contributed by atoms with Crippen molar-refractivity contribution in [2.75, 3.05) is 9.44 Å². The lowest BCUT2D eigenvalue weighted by Crippen LogP contribution is -2.18. The summed E-state index contributed by atoms with van der Waals surface area (Å²) in [5.74, 6) is -2.00. The first kappa shape index (κ1) is 53.3. The Morgan fingerprint density at radius 2 is 0.826 bits per heavy atom. The van der Waals surface area contributed by atoms with E-state index in [9.17, 15) is 52.8 Å². The number of hydrogen-bond acceptors (Lipinski definition) is 6. The normalized spacial score (nSPS) is 11.9. The Hall–Kier alpha value is -6.66. The molecule has 6 aromatic rings.